The number of hydrogen-bond donors (Lipinski definition) is 1. The first-order valence-corrected chi connectivity index (χ1v) is 6.51. The fourth-order valence-corrected chi connectivity index (χ4v) is 2.74. The van der Waals surface area contributed by atoms with Crippen molar-refractivity contribution < 1.29 is 0 Å². The van der Waals surface area contributed by atoms with Gasteiger partial charge in [-0.2, -0.15) is 5.10 Å². The quantitative estimate of drug-likeness (QED) is 0.863. The maximum atomic E-state index is 5.95. The van der Waals surface area contributed by atoms with Crippen molar-refractivity contribution in [2.75, 3.05) is 7.05 Å². The molecule has 2 rings (SSSR count). The average molecular weight is 236 g/mol. The van der Waals surface area contributed by atoms with Gasteiger partial charge in [0, 0.05) is 37.4 Å². The molecule has 96 valence electrons. The van der Waals surface area contributed by atoms with E-state index in [0.29, 0.717) is 12.1 Å². The Bertz CT molecular complexity index is 363. The zero-order valence-corrected chi connectivity index (χ0v) is 11.2. The molecule has 0 aromatic carbocycles. The molecule has 4 nitrogen and oxygen atoms in total. The van der Waals surface area contributed by atoms with Crippen molar-refractivity contribution in [2.24, 2.45) is 12.8 Å². The van der Waals surface area contributed by atoms with Crippen LogP contribution in [0.3, 0.4) is 0 Å². The average Bonchev–Trinajstić information content (AvgIpc) is 2.58. The van der Waals surface area contributed by atoms with Crippen molar-refractivity contribution in [3.05, 3.63) is 17.5 Å². The lowest BCUT2D eigenvalue weighted by molar-refractivity contribution is 0.176. The van der Waals surface area contributed by atoms with Gasteiger partial charge in [-0.1, -0.05) is 0 Å². The lowest BCUT2D eigenvalue weighted by Crippen LogP contribution is -2.38. The van der Waals surface area contributed by atoms with Crippen LogP contribution in [0, 0.1) is 6.92 Å². The van der Waals surface area contributed by atoms with Gasteiger partial charge in [-0.05, 0) is 39.7 Å². The van der Waals surface area contributed by atoms with E-state index in [1.807, 2.05) is 11.7 Å². The second-order valence-electron chi connectivity index (χ2n) is 5.40. The third-order valence-electron chi connectivity index (χ3n) is 3.90. The molecule has 0 aliphatic heterocycles. The fraction of sp³-hybridized carbons (Fsp3) is 0.769. The second-order valence-corrected chi connectivity index (χ2v) is 5.40. The normalized spacial score (nSPS) is 25.5. The van der Waals surface area contributed by atoms with Gasteiger partial charge >= 0.3 is 0 Å². The molecule has 1 aromatic rings. The molecule has 0 unspecified atom stereocenters. The number of hydrogen-bond acceptors (Lipinski definition) is 3. The first kappa shape index (κ1) is 12.6. The molecular weight excluding hydrogens is 212 g/mol. The number of nitrogens with two attached hydrogens (primary N) is 1. The smallest absolute Gasteiger partial charge is 0.0638 e. The number of nitrogens with zero attached hydrogens (tertiary/aromatic N) is 3. The topological polar surface area (TPSA) is 47.1 Å². The van der Waals surface area contributed by atoms with Gasteiger partial charge in [-0.25, -0.2) is 0 Å². The Labute approximate surface area is 104 Å². The maximum absolute atomic E-state index is 5.95. The third kappa shape index (κ3) is 3.07. The van der Waals surface area contributed by atoms with E-state index in [1.54, 1.807) is 0 Å². The second kappa shape index (κ2) is 5.19. The first-order chi connectivity index (χ1) is 8.06. The Morgan fingerprint density at radius 1 is 1.41 bits per heavy atom. The molecule has 0 bridgehead atoms. The Morgan fingerprint density at radius 2 is 2.06 bits per heavy atom. The highest BCUT2D eigenvalue weighted by molar-refractivity contribution is 5.15. The van der Waals surface area contributed by atoms with E-state index < -0.39 is 0 Å². The Kier molecular flexibility index (Phi) is 3.84. The highest BCUT2D eigenvalue weighted by Crippen LogP contribution is 2.22. The van der Waals surface area contributed by atoms with Crippen LogP contribution in [0.15, 0.2) is 6.20 Å². The monoisotopic (exact) mass is 236 g/mol. The van der Waals surface area contributed by atoms with E-state index in [-0.39, 0.29) is 0 Å². The Balaban J connectivity index is 1.92. The Morgan fingerprint density at radius 3 is 2.59 bits per heavy atom. The third-order valence-corrected chi connectivity index (χ3v) is 3.90. The summed E-state index contributed by atoms with van der Waals surface area (Å²) in [6, 6.07) is 1.12. The maximum Gasteiger partial charge on any atom is 0.0638 e. The van der Waals surface area contributed by atoms with Crippen LogP contribution in [0.1, 0.15) is 36.9 Å². The van der Waals surface area contributed by atoms with Gasteiger partial charge in [-0.15, -0.1) is 0 Å². The Hall–Kier alpha value is -0.870. The molecular formula is C13H24N4. The van der Waals surface area contributed by atoms with Crippen LogP contribution >= 0.6 is 0 Å². The molecule has 0 atom stereocenters. The molecule has 0 saturated heterocycles. The van der Waals surface area contributed by atoms with E-state index >= 15 is 0 Å². The number of aryl methyl sites for hydroxylation is 2. The molecule has 17 heavy (non-hydrogen) atoms. The summed E-state index contributed by atoms with van der Waals surface area (Å²) in [6.45, 7) is 3.08. The molecule has 0 amide bonds. The SMILES string of the molecule is Cc1nn(C)cc1CN(C)C1CCC(N)CC1. The zero-order valence-electron chi connectivity index (χ0n) is 11.2. The zero-order chi connectivity index (χ0) is 12.4. The van der Waals surface area contributed by atoms with Gasteiger partial charge in [0.2, 0.25) is 0 Å². The van der Waals surface area contributed by atoms with Gasteiger partial charge in [0.05, 0.1) is 5.69 Å². The molecule has 1 fully saturated rings. The fourth-order valence-electron chi connectivity index (χ4n) is 2.74. The van der Waals surface area contributed by atoms with E-state index in [4.69, 9.17) is 5.73 Å². The molecule has 1 heterocycles. The summed E-state index contributed by atoms with van der Waals surface area (Å²) in [7, 11) is 4.20. The molecule has 1 aliphatic carbocycles. The lowest BCUT2D eigenvalue weighted by atomic mass is 9.91. The van der Waals surface area contributed by atoms with Crippen LogP contribution < -0.4 is 5.73 Å². The lowest BCUT2D eigenvalue weighted by Gasteiger charge is -2.33. The number of rotatable bonds is 3. The molecule has 1 aliphatic rings. The van der Waals surface area contributed by atoms with Crippen molar-refractivity contribution in [1.82, 2.24) is 14.7 Å². The molecule has 1 aromatic heterocycles. The summed E-state index contributed by atoms with van der Waals surface area (Å²) in [6.07, 6.45) is 6.93. The number of aromatic nitrogens is 2. The largest absolute Gasteiger partial charge is 0.328 e. The van der Waals surface area contributed by atoms with Crippen molar-refractivity contribution in [3.63, 3.8) is 0 Å². The first-order valence-electron chi connectivity index (χ1n) is 6.51. The van der Waals surface area contributed by atoms with E-state index in [2.05, 4.69) is 30.2 Å². The van der Waals surface area contributed by atoms with Crippen LogP contribution in [-0.2, 0) is 13.6 Å². The van der Waals surface area contributed by atoms with Gasteiger partial charge in [0.15, 0.2) is 0 Å². The summed E-state index contributed by atoms with van der Waals surface area (Å²) in [5.74, 6) is 0. The van der Waals surface area contributed by atoms with Gasteiger partial charge in [0.25, 0.3) is 0 Å². The minimum Gasteiger partial charge on any atom is -0.328 e. The molecule has 1 saturated carbocycles. The van der Waals surface area contributed by atoms with Crippen molar-refractivity contribution >= 4 is 0 Å². The standard InChI is InChI=1S/C13H24N4/c1-10-11(9-17(3)15-10)8-16(2)13-6-4-12(14)5-7-13/h9,12-13H,4-8,14H2,1-3H3. The summed E-state index contributed by atoms with van der Waals surface area (Å²) in [5.41, 5.74) is 8.43. The summed E-state index contributed by atoms with van der Waals surface area (Å²) in [5, 5.41) is 4.39. The van der Waals surface area contributed by atoms with E-state index in [0.717, 1.165) is 12.2 Å². The van der Waals surface area contributed by atoms with Gasteiger partial charge < -0.3 is 5.73 Å². The minimum absolute atomic E-state index is 0.430. The summed E-state index contributed by atoms with van der Waals surface area (Å²) >= 11 is 0. The van der Waals surface area contributed by atoms with E-state index in [9.17, 15) is 0 Å². The van der Waals surface area contributed by atoms with Gasteiger partial charge in [0.1, 0.15) is 0 Å². The molecule has 4 heteroatoms. The van der Waals surface area contributed by atoms with Crippen molar-refractivity contribution in [3.8, 4) is 0 Å². The summed E-state index contributed by atoms with van der Waals surface area (Å²) < 4.78 is 1.90. The highest BCUT2D eigenvalue weighted by atomic mass is 15.3. The molecule has 0 radical (unpaired) electrons. The predicted octanol–water partition coefficient (Wildman–Crippen LogP) is 1.43. The van der Waals surface area contributed by atoms with Crippen LogP contribution in [0.2, 0.25) is 0 Å². The minimum atomic E-state index is 0.430. The predicted molar refractivity (Wildman–Crippen MR) is 69.6 cm³/mol. The van der Waals surface area contributed by atoms with Crippen LogP contribution in [0.25, 0.3) is 0 Å². The van der Waals surface area contributed by atoms with Crippen LogP contribution in [-0.4, -0.2) is 33.8 Å². The molecule has 2 N–H and O–H groups in total. The van der Waals surface area contributed by atoms with Crippen LogP contribution in [0.4, 0.5) is 0 Å². The summed E-state index contributed by atoms with van der Waals surface area (Å²) in [4.78, 5) is 2.45. The van der Waals surface area contributed by atoms with Crippen LogP contribution in [0.5, 0.6) is 0 Å². The van der Waals surface area contributed by atoms with Gasteiger partial charge in [-0.3, -0.25) is 9.58 Å². The molecule has 0 spiro atoms. The highest BCUT2D eigenvalue weighted by Gasteiger charge is 2.22. The van der Waals surface area contributed by atoms with E-state index in [1.165, 1.54) is 31.2 Å². The van der Waals surface area contributed by atoms with Crippen molar-refractivity contribution in [2.45, 2.75) is 51.2 Å². The van der Waals surface area contributed by atoms with Crippen molar-refractivity contribution in [1.29, 1.82) is 0 Å².